The maximum absolute atomic E-state index is 14.6. The number of halogens is 1. The van der Waals surface area contributed by atoms with E-state index in [1.54, 1.807) is 29.2 Å². The van der Waals surface area contributed by atoms with Crippen LogP contribution in [0.3, 0.4) is 0 Å². The number of nitrogens with one attached hydrogen (secondary N) is 1. The summed E-state index contributed by atoms with van der Waals surface area (Å²) >= 11 is 0. The van der Waals surface area contributed by atoms with Gasteiger partial charge in [0.2, 0.25) is 0 Å². The Morgan fingerprint density at radius 1 is 0.842 bits per heavy atom. The fourth-order valence-electron chi connectivity index (χ4n) is 5.60. The van der Waals surface area contributed by atoms with Crippen molar-refractivity contribution in [3.63, 3.8) is 0 Å². The summed E-state index contributed by atoms with van der Waals surface area (Å²) in [6.07, 6.45) is 0.927. The number of rotatable bonds is 3. The number of benzene rings is 4. The van der Waals surface area contributed by atoms with E-state index in [2.05, 4.69) is 29.6 Å². The lowest BCUT2D eigenvalue weighted by atomic mass is 9.78. The molecule has 2 atom stereocenters. The number of aryl methyl sites for hydroxylation is 1. The highest BCUT2D eigenvalue weighted by Crippen LogP contribution is 2.47. The minimum Gasteiger partial charge on any atom is -0.357 e. The second-order valence-electron chi connectivity index (χ2n) is 9.97. The van der Waals surface area contributed by atoms with Gasteiger partial charge in [0.1, 0.15) is 5.82 Å². The Morgan fingerprint density at radius 3 is 2.34 bits per heavy atom. The highest BCUT2D eigenvalue weighted by molar-refractivity contribution is 6.12. The number of hydrogen-bond donors (Lipinski definition) is 1. The second-order valence-corrected chi connectivity index (χ2v) is 9.97. The molecule has 1 amide bonds. The molecule has 1 aliphatic heterocycles. The molecule has 0 saturated heterocycles. The summed E-state index contributed by atoms with van der Waals surface area (Å²) in [5, 5.41) is 3.52. The van der Waals surface area contributed by atoms with Gasteiger partial charge in [-0.15, -0.1) is 0 Å². The predicted octanol–water partition coefficient (Wildman–Crippen LogP) is 7.35. The number of para-hydroxylation sites is 2. The van der Waals surface area contributed by atoms with Crippen molar-refractivity contribution in [3.05, 3.63) is 142 Å². The van der Waals surface area contributed by atoms with Gasteiger partial charge in [-0.25, -0.2) is 4.39 Å². The molecule has 4 aromatic carbocycles. The van der Waals surface area contributed by atoms with Crippen molar-refractivity contribution in [2.75, 3.05) is 10.2 Å². The van der Waals surface area contributed by atoms with Crippen LogP contribution in [0.1, 0.15) is 51.8 Å². The van der Waals surface area contributed by atoms with E-state index in [9.17, 15) is 14.0 Å². The highest BCUT2D eigenvalue weighted by Gasteiger charge is 2.42. The zero-order valence-corrected chi connectivity index (χ0v) is 21.0. The van der Waals surface area contributed by atoms with Gasteiger partial charge in [-0.3, -0.25) is 14.5 Å². The third-order valence-corrected chi connectivity index (χ3v) is 7.44. The van der Waals surface area contributed by atoms with Gasteiger partial charge in [0, 0.05) is 23.3 Å². The monoisotopic (exact) mass is 502 g/mol. The first kappa shape index (κ1) is 23.9. The number of anilines is 2. The van der Waals surface area contributed by atoms with Crippen molar-refractivity contribution in [1.82, 2.24) is 0 Å². The van der Waals surface area contributed by atoms with Gasteiger partial charge in [0.25, 0.3) is 5.91 Å². The number of carbonyl (C=O) groups excluding carboxylic acids is 2. The summed E-state index contributed by atoms with van der Waals surface area (Å²) in [6.45, 7) is 2.04. The quantitative estimate of drug-likeness (QED) is 0.319. The van der Waals surface area contributed by atoms with Crippen LogP contribution >= 0.6 is 0 Å². The van der Waals surface area contributed by atoms with Gasteiger partial charge >= 0.3 is 0 Å². The van der Waals surface area contributed by atoms with E-state index in [0.717, 1.165) is 16.9 Å². The zero-order chi connectivity index (χ0) is 26.2. The number of hydrogen-bond acceptors (Lipinski definition) is 3. The lowest BCUT2D eigenvalue weighted by molar-refractivity contribution is -0.116. The Balaban J connectivity index is 1.56. The molecule has 1 heterocycles. The number of allylic oxidation sites excluding steroid dienone is 1. The summed E-state index contributed by atoms with van der Waals surface area (Å²) in [6, 6.07) is 30.3. The summed E-state index contributed by atoms with van der Waals surface area (Å²) in [5.74, 6) is -0.706. The van der Waals surface area contributed by atoms with Crippen LogP contribution in [0.15, 0.2) is 114 Å². The number of fused-ring (bicyclic) bond motifs is 1. The highest BCUT2D eigenvalue weighted by atomic mass is 19.1. The van der Waals surface area contributed by atoms with E-state index in [1.165, 1.54) is 17.7 Å². The van der Waals surface area contributed by atoms with E-state index in [-0.39, 0.29) is 17.6 Å². The Morgan fingerprint density at radius 2 is 1.58 bits per heavy atom. The van der Waals surface area contributed by atoms with Crippen molar-refractivity contribution in [1.29, 1.82) is 0 Å². The molecule has 6 rings (SSSR count). The molecule has 188 valence electrons. The Bertz CT molecular complexity index is 1560. The number of ketones is 1. The van der Waals surface area contributed by atoms with Crippen molar-refractivity contribution in [2.45, 2.75) is 31.7 Å². The van der Waals surface area contributed by atoms with Crippen LogP contribution in [-0.4, -0.2) is 11.7 Å². The Kier molecular flexibility index (Phi) is 6.12. The van der Waals surface area contributed by atoms with Crippen LogP contribution in [-0.2, 0) is 4.79 Å². The smallest absolute Gasteiger partial charge is 0.259 e. The summed E-state index contributed by atoms with van der Waals surface area (Å²) in [7, 11) is 0. The average molecular weight is 503 g/mol. The van der Waals surface area contributed by atoms with E-state index >= 15 is 0 Å². The molecule has 4 nitrogen and oxygen atoms in total. The van der Waals surface area contributed by atoms with Gasteiger partial charge in [-0.1, -0.05) is 72.3 Å². The predicted molar refractivity (Wildman–Crippen MR) is 148 cm³/mol. The van der Waals surface area contributed by atoms with Gasteiger partial charge in [0.15, 0.2) is 5.78 Å². The number of amides is 1. The molecule has 4 aromatic rings. The van der Waals surface area contributed by atoms with E-state index < -0.39 is 11.9 Å². The maximum atomic E-state index is 14.6. The first-order valence-corrected chi connectivity index (χ1v) is 12.8. The lowest BCUT2D eigenvalue weighted by Crippen LogP contribution is -2.38. The molecule has 0 spiro atoms. The van der Waals surface area contributed by atoms with Gasteiger partial charge < -0.3 is 5.32 Å². The molecular formula is C33H27FN2O2. The SMILES string of the molecule is Cc1ccc([C@@H]2CC(=O)C3=C(C2)Nc2ccccc2N(C(=O)c2ccccc2)[C@@H]3c2cccc(F)c2)cc1. The Labute approximate surface area is 221 Å². The second kappa shape index (κ2) is 9.75. The lowest BCUT2D eigenvalue weighted by Gasteiger charge is -2.35. The third-order valence-electron chi connectivity index (χ3n) is 7.44. The average Bonchev–Trinajstić information content (AvgIpc) is 3.08. The molecule has 0 saturated carbocycles. The maximum Gasteiger partial charge on any atom is 0.259 e. The zero-order valence-electron chi connectivity index (χ0n) is 21.0. The molecule has 0 radical (unpaired) electrons. The fraction of sp³-hybridized carbons (Fsp3) is 0.152. The minimum absolute atomic E-state index is 0.00560. The molecule has 38 heavy (non-hydrogen) atoms. The van der Waals surface area contributed by atoms with Crippen LogP contribution < -0.4 is 10.2 Å². The van der Waals surface area contributed by atoms with Gasteiger partial charge in [-0.05, 0) is 66.8 Å². The third kappa shape index (κ3) is 4.30. The molecular weight excluding hydrogens is 475 g/mol. The number of nitrogens with zero attached hydrogens (tertiary/aromatic N) is 1. The number of carbonyl (C=O) groups is 2. The first-order valence-electron chi connectivity index (χ1n) is 12.8. The van der Waals surface area contributed by atoms with Crippen LogP contribution in [0.5, 0.6) is 0 Å². The standard InChI is InChI=1S/C33H27FN2O2/c1-21-14-16-22(17-15-21)25-19-28-31(30(37)20-25)32(24-10-7-11-26(34)18-24)36(29-13-6-5-12-27(29)35-28)33(38)23-8-3-2-4-9-23/h2-18,25,32,35H,19-20H2,1H3/t25-,32+/m0/s1. The first-order chi connectivity index (χ1) is 18.5. The molecule has 5 heteroatoms. The summed E-state index contributed by atoms with van der Waals surface area (Å²) in [4.78, 5) is 29.8. The van der Waals surface area contributed by atoms with E-state index in [0.29, 0.717) is 35.2 Å². The number of Topliss-reactive ketones (excluding diaryl/α,β-unsaturated/α-hetero) is 1. The summed E-state index contributed by atoms with van der Waals surface area (Å²) < 4.78 is 14.6. The van der Waals surface area contributed by atoms with Crippen LogP contribution in [0, 0.1) is 12.7 Å². The van der Waals surface area contributed by atoms with E-state index in [4.69, 9.17) is 0 Å². The van der Waals surface area contributed by atoms with Crippen LogP contribution in [0.4, 0.5) is 15.8 Å². The van der Waals surface area contributed by atoms with Crippen LogP contribution in [0.25, 0.3) is 0 Å². The van der Waals surface area contributed by atoms with Gasteiger partial charge in [-0.2, -0.15) is 0 Å². The van der Waals surface area contributed by atoms with Crippen molar-refractivity contribution in [2.24, 2.45) is 0 Å². The normalized spacial score (nSPS) is 18.8. The largest absolute Gasteiger partial charge is 0.357 e. The molecule has 0 unspecified atom stereocenters. The Hall–Kier alpha value is -4.51. The van der Waals surface area contributed by atoms with E-state index in [1.807, 2.05) is 49.4 Å². The molecule has 1 aliphatic carbocycles. The minimum atomic E-state index is -0.781. The van der Waals surface area contributed by atoms with Crippen molar-refractivity contribution < 1.29 is 14.0 Å². The molecule has 0 aromatic heterocycles. The molecule has 1 N–H and O–H groups in total. The van der Waals surface area contributed by atoms with Crippen molar-refractivity contribution in [3.8, 4) is 0 Å². The molecule has 2 aliphatic rings. The fourth-order valence-corrected chi connectivity index (χ4v) is 5.60. The van der Waals surface area contributed by atoms with Crippen molar-refractivity contribution >= 4 is 23.1 Å². The topological polar surface area (TPSA) is 49.4 Å². The van der Waals surface area contributed by atoms with Gasteiger partial charge in [0.05, 0.1) is 17.4 Å². The van der Waals surface area contributed by atoms with Crippen LogP contribution in [0.2, 0.25) is 0 Å². The summed E-state index contributed by atoms with van der Waals surface area (Å²) in [5.41, 5.74) is 5.99. The molecule has 0 fully saturated rings. The molecule has 0 bridgehead atoms.